The first-order chi connectivity index (χ1) is 9.45. The van der Waals surface area contributed by atoms with Gasteiger partial charge in [-0.15, -0.1) is 0 Å². The van der Waals surface area contributed by atoms with E-state index in [-0.39, 0.29) is 5.82 Å². The molecule has 20 heavy (non-hydrogen) atoms. The van der Waals surface area contributed by atoms with Gasteiger partial charge in [0.1, 0.15) is 5.82 Å². The maximum Gasteiger partial charge on any atom is 0.175 e. The fourth-order valence-electron chi connectivity index (χ4n) is 1.76. The van der Waals surface area contributed by atoms with Crippen molar-refractivity contribution in [2.24, 2.45) is 0 Å². The molecule has 2 rings (SSSR count). The van der Waals surface area contributed by atoms with Gasteiger partial charge in [0.25, 0.3) is 0 Å². The average molecular weight is 294 g/mol. The minimum atomic E-state index is -3.16. The van der Waals surface area contributed by atoms with Crippen LogP contribution < -0.4 is 5.32 Å². The molecule has 2 aromatic rings. The molecule has 0 amide bonds. The molecular formula is C14H15FN2O2S. The van der Waals surface area contributed by atoms with Crippen LogP contribution in [0.5, 0.6) is 0 Å². The topological polar surface area (TPSA) is 59.1 Å². The number of sulfone groups is 1. The van der Waals surface area contributed by atoms with Crippen LogP contribution in [0.15, 0.2) is 47.6 Å². The van der Waals surface area contributed by atoms with Gasteiger partial charge >= 0.3 is 0 Å². The summed E-state index contributed by atoms with van der Waals surface area (Å²) in [5.41, 5.74) is 1.72. The van der Waals surface area contributed by atoms with E-state index in [0.717, 1.165) is 17.3 Å². The molecule has 0 saturated heterocycles. The molecule has 1 aromatic heterocycles. The highest BCUT2D eigenvalue weighted by atomic mass is 32.2. The summed E-state index contributed by atoms with van der Waals surface area (Å²) < 4.78 is 35.6. The fourth-order valence-corrected chi connectivity index (χ4v) is 2.39. The van der Waals surface area contributed by atoms with Gasteiger partial charge in [0, 0.05) is 25.5 Å². The second kappa shape index (κ2) is 6.11. The summed E-state index contributed by atoms with van der Waals surface area (Å²) in [5, 5.41) is 3.15. The van der Waals surface area contributed by atoms with E-state index >= 15 is 0 Å². The Labute approximate surface area is 117 Å². The van der Waals surface area contributed by atoms with Crippen LogP contribution >= 0.6 is 0 Å². The van der Waals surface area contributed by atoms with Crippen molar-refractivity contribution in [2.75, 3.05) is 6.26 Å². The zero-order chi connectivity index (χ0) is 14.6. The largest absolute Gasteiger partial charge is 0.309 e. The first kappa shape index (κ1) is 14.6. The van der Waals surface area contributed by atoms with E-state index in [1.807, 2.05) is 0 Å². The average Bonchev–Trinajstić information content (AvgIpc) is 2.38. The van der Waals surface area contributed by atoms with Gasteiger partial charge in [-0.05, 0) is 29.3 Å². The van der Waals surface area contributed by atoms with Crippen LogP contribution in [0.25, 0.3) is 0 Å². The van der Waals surface area contributed by atoms with E-state index in [2.05, 4.69) is 10.3 Å². The van der Waals surface area contributed by atoms with Gasteiger partial charge in [0.05, 0.1) is 11.1 Å². The predicted octanol–water partition coefficient (Wildman–Crippen LogP) is 1.91. The summed E-state index contributed by atoms with van der Waals surface area (Å²) in [4.78, 5) is 4.07. The molecule has 1 heterocycles. The Morgan fingerprint density at radius 2 is 1.75 bits per heavy atom. The van der Waals surface area contributed by atoms with Crippen LogP contribution in [0.3, 0.4) is 0 Å². The molecule has 1 N–H and O–H groups in total. The Kier molecular flexibility index (Phi) is 4.46. The SMILES string of the molecule is CS(=O)(=O)c1ccc(CNCc2cncc(F)c2)cc1. The van der Waals surface area contributed by atoms with Gasteiger partial charge in [-0.25, -0.2) is 12.8 Å². The number of hydrogen-bond donors (Lipinski definition) is 1. The number of rotatable bonds is 5. The van der Waals surface area contributed by atoms with E-state index in [4.69, 9.17) is 0 Å². The summed E-state index contributed by atoms with van der Waals surface area (Å²) in [6.07, 6.45) is 3.94. The van der Waals surface area contributed by atoms with Crippen molar-refractivity contribution in [3.05, 3.63) is 59.7 Å². The van der Waals surface area contributed by atoms with Crippen LogP contribution in [0, 0.1) is 5.82 Å². The van der Waals surface area contributed by atoms with Gasteiger partial charge in [0.15, 0.2) is 9.84 Å². The Bertz CT molecular complexity index is 685. The molecule has 0 saturated carbocycles. The minimum Gasteiger partial charge on any atom is -0.309 e. The third kappa shape index (κ3) is 4.11. The van der Waals surface area contributed by atoms with Gasteiger partial charge in [0.2, 0.25) is 0 Å². The molecule has 0 radical (unpaired) electrons. The molecule has 0 spiro atoms. The minimum absolute atomic E-state index is 0.301. The molecule has 0 bridgehead atoms. The zero-order valence-electron chi connectivity index (χ0n) is 11.0. The maximum absolute atomic E-state index is 12.9. The third-order valence-corrected chi connectivity index (χ3v) is 3.90. The number of halogens is 1. The second-order valence-corrected chi connectivity index (χ2v) is 6.55. The smallest absolute Gasteiger partial charge is 0.175 e. The van der Waals surface area contributed by atoms with Gasteiger partial charge in [-0.3, -0.25) is 4.98 Å². The Morgan fingerprint density at radius 1 is 1.10 bits per heavy atom. The van der Waals surface area contributed by atoms with Gasteiger partial charge in [-0.2, -0.15) is 0 Å². The number of hydrogen-bond acceptors (Lipinski definition) is 4. The molecule has 0 aliphatic heterocycles. The summed E-state index contributed by atoms with van der Waals surface area (Å²) in [6.45, 7) is 1.07. The van der Waals surface area contributed by atoms with E-state index in [1.165, 1.54) is 12.3 Å². The molecule has 0 aliphatic carbocycles. The molecule has 0 fully saturated rings. The number of aromatic nitrogens is 1. The lowest BCUT2D eigenvalue weighted by Crippen LogP contribution is -2.13. The monoisotopic (exact) mass is 294 g/mol. The fraction of sp³-hybridized carbons (Fsp3) is 0.214. The molecule has 0 unspecified atom stereocenters. The molecule has 6 heteroatoms. The molecule has 106 valence electrons. The van der Waals surface area contributed by atoms with Crippen molar-refractivity contribution in [1.29, 1.82) is 0 Å². The molecule has 0 atom stereocenters. The lowest BCUT2D eigenvalue weighted by Gasteiger charge is -2.06. The number of pyridine rings is 1. The lowest BCUT2D eigenvalue weighted by molar-refractivity contribution is 0.602. The first-order valence-electron chi connectivity index (χ1n) is 6.04. The number of benzene rings is 1. The second-order valence-electron chi connectivity index (χ2n) is 4.53. The summed E-state index contributed by atoms with van der Waals surface area (Å²) in [5.74, 6) is -0.359. The van der Waals surface area contributed by atoms with E-state index in [1.54, 1.807) is 30.5 Å². The van der Waals surface area contributed by atoms with Crippen LogP contribution in [0.4, 0.5) is 4.39 Å². The highest BCUT2D eigenvalue weighted by Crippen LogP contribution is 2.10. The van der Waals surface area contributed by atoms with Crippen LogP contribution in [0.1, 0.15) is 11.1 Å². The standard InChI is InChI=1S/C14H15FN2O2S/c1-20(18,19)14-4-2-11(3-5-14)7-16-8-12-6-13(15)10-17-9-12/h2-6,9-10,16H,7-8H2,1H3. The van der Waals surface area contributed by atoms with Crippen LogP contribution in [0.2, 0.25) is 0 Å². The predicted molar refractivity (Wildman–Crippen MR) is 74.3 cm³/mol. The highest BCUT2D eigenvalue weighted by Gasteiger charge is 2.05. The number of nitrogens with zero attached hydrogens (tertiary/aromatic N) is 1. The van der Waals surface area contributed by atoms with Crippen molar-refractivity contribution in [3.63, 3.8) is 0 Å². The number of nitrogens with one attached hydrogen (secondary N) is 1. The Hall–Kier alpha value is -1.79. The lowest BCUT2D eigenvalue weighted by atomic mass is 10.2. The van der Waals surface area contributed by atoms with E-state index in [0.29, 0.717) is 18.0 Å². The molecule has 4 nitrogen and oxygen atoms in total. The quantitative estimate of drug-likeness (QED) is 0.915. The normalized spacial score (nSPS) is 11.5. The summed E-state index contributed by atoms with van der Waals surface area (Å²) in [7, 11) is -3.16. The van der Waals surface area contributed by atoms with E-state index in [9.17, 15) is 12.8 Å². The van der Waals surface area contributed by atoms with Crippen molar-refractivity contribution in [3.8, 4) is 0 Å². The van der Waals surface area contributed by atoms with Crippen LogP contribution in [-0.2, 0) is 22.9 Å². The van der Waals surface area contributed by atoms with Crippen molar-refractivity contribution in [2.45, 2.75) is 18.0 Å². The first-order valence-corrected chi connectivity index (χ1v) is 7.93. The zero-order valence-corrected chi connectivity index (χ0v) is 11.8. The van der Waals surface area contributed by atoms with E-state index < -0.39 is 9.84 Å². The molecule has 1 aromatic carbocycles. The van der Waals surface area contributed by atoms with Gasteiger partial charge in [-0.1, -0.05) is 12.1 Å². The highest BCUT2D eigenvalue weighted by molar-refractivity contribution is 7.90. The van der Waals surface area contributed by atoms with Gasteiger partial charge < -0.3 is 5.32 Å². The Morgan fingerprint density at radius 3 is 2.35 bits per heavy atom. The van der Waals surface area contributed by atoms with Crippen molar-refractivity contribution < 1.29 is 12.8 Å². The maximum atomic E-state index is 12.9. The summed E-state index contributed by atoms with van der Waals surface area (Å²) >= 11 is 0. The molecular weight excluding hydrogens is 279 g/mol. The summed E-state index contributed by atoms with van der Waals surface area (Å²) in [6, 6.07) is 8.10. The molecule has 0 aliphatic rings. The van der Waals surface area contributed by atoms with Crippen molar-refractivity contribution in [1.82, 2.24) is 10.3 Å². The van der Waals surface area contributed by atoms with Crippen molar-refractivity contribution >= 4 is 9.84 Å². The van der Waals surface area contributed by atoms with Crippen LogP contribution in [-0.4, -0.2) is 19.7 Å². The Balaban J connectivity index is 1.92. The third-order valence-electron chi connectivity index (χ3n) is 2.77.